The van der Waals surface area contributed by atoms with Gasteiger partial charge in [-0.1, -0.05) is 176 Å². The molecule has 0 amide bonds. The van der Waals surface area contributed by atoms with Crippen molar-refractivity contribution in [2.45, 2.75) is 92.4 Å². The number of rotatable bonds is 25. The summed E-state index contributed by atoms with van der Waals surface area (Å²) in [6.07, 6.45) is 8.99. The maximum atomic E-state index is 6.09. The summed E-state index contributed by atoms with van der Waals surface area (Å²) in [6.45, 7) is 21.3. The molecule has 4 aromatic heterocycles. The number of nitrogens with zero attached hydrogens (tertiary/aromatic N) is 12. The summed E-state index contributed by atoms with van der Waals surface area (Å²) in [6, 6.07) is 71.1. The van der Waals surface area contributed by atoms with Crippen LogP contribution in [-0.4, -0.2) is 165 Å². The van der Waals surface area contributed by atoms with Crippen LogP contribution >= 0.6 is 37.2 Å². The number of likely N-dealkylation sites (N-methyl/N-ethyl adjacent to an activating group) is 1. The van der Waals surface area contributed by atoms with E-state index in [1.807, 2.05) is 65.9 Å². The van der Waals surface area contributed by atoms with Gasteiger partial charge in [-0.25, -0.2) is 0 Å². The lowest BCUT2D eigenvalue weighted by Gasteiger charge is -2.14. The van der Waals surface area contributed by atoms with Crippen LogP contribution in [-0.2, 0) is 26.2 Å². The molecule has 0 saturated carbocycles. The number of likely N-dealkylation sites (tertiary alicyclic amines) is 3. The Morgan fingerprint density at radius 2 is 0.614 bits per heavy atom. The van der Waals surface area contributed by atoms with Gasteiger partial charge in [-0.05, 0) is 183 Å². The van der Waals surface area contributed by atoms with Crippen molar-refractivity contribution in [2.24, 2.45) is 0 Å². The average molecular weight is 1430 g/mol. The molecule has 0 radical (unpaired) electrons. The third-order valence-corrected chi connectivity index (χ3v) is 18.2. The summed E-state index contributed by atoms with van der Waals surface area (Å²) in [5.74, 6) is 2.99. The van der Waals surface area contributed by atoms with Crippen LogP contribution in [0.2, 0.25) is 0 Å². The van der Waals surface area contributed by atoms with Crippen molar-refractivity contribution in [1.29, 1.82) is 0 Å². The summed E-state index contributed by atoms with van der Waals surface area (Å²) >= 11 is 0. The standard InChI is InChI=1S/C22H27N3O.C21H25N3O.C20H23N3O.C18H21N3O.CH4.3ClH/c1-18-10-11-21-20(16-18)22(26-15-7-14-24-12-5-6-13-24)23-25(21)17-19-8-3-2-4-9-19;1-17-9-10-20-19(15-17)21(25-14-13-23-11-5-6-12-23)22-24(20)16-18-7-3-2-4-8-18;1-2-8-17(9-3-1)16-23-19-11-5-4-10-18(19)20(21-23)24-15-14-22-12-6-7-13-22;1-20(2)12-13-22-18-16-10-6-7-11-17(16)21(19-18)14-15-8-4-3-5-9-15;;;;/h2-4,8-11,16H,5-7,12-15,17H2,1H3;2-4,7-10,15H,5-6,11-14,16H2,1H3;1-5,8-11H,6-7,12-16H2;3-11H,12-14H2,1-2H3;1H4;3*1H. The molecular formula is C82H103Cl3N12O4. The highest BCUT2D eigenvalue weighted by Gasteiger charge is 2.19. The van der Waals surface area contributed by atoms with Crippen LogP contribution in [0.25, 0.3) is 43.6 Å². The predicted octanol–water partition coefficient (Wildman–Crippen LogP) is 16.6. The Hall–Kier alpha value is -8.45. The smallest absolute Gasteiger partial charge is 0.240 e. The lowest BCUT2D eigenvalue weighted by Crippen LogP contribution is -2.25. The summed E-state index contributed by atoms with van der Waals surface area (Å²) in [7, 11) is 4.07. The van der Waals surface area contributed by atoms with Crippen molar-refractivity contribution in [1.82, 2.24) is 58.7 Å². The van der Waals surface area contributed by atoms with Crippen molar-refractivity contribution < 1.29 is 18.9 Å². The number of aromatic nitrogens is 8. The highest BCUT2D eigenvalue weighted by atomic mass is 35.5. The maximum absolute atomic E-state index is 6.09. The Morgan fingerprint density at radius 3 is 0.960 bits per heavy atom. The zero-order chi connectivity index (χ0) is 66.4. The number of aryl methyl sites for hydroxylation is 2. The number of ether oxygens (including phenoxy) is 4. The Bertz CT molecular complexity index is 4340. The van der Waals surface area contributed by atoms with Gasteiger partial charge in [-0.15, -0.1) is 57.6 Å². The maximum Gasteiger partial charge on any atom is 0.240 e. The normalized spacial score (nSPS) is 13.6. The van der Waals surface area contributed by atoms with E-state index in [2.05, 4.69) is 212 Å². The predicted molar refractivity (Wildman–Crippen MR) is 421 cm³/mol. The Morgan fingerprint density at radius 1 is 0.327 bits per heavy atom. The quantitative estimate of drug-likeness (QED) is 0.0507. The third-order valence-electron chi connectivity index (χ3n) is 18.2. The lowest BCUT2D eigenvalue weighted by molar-refractivity contribution is 0.232. The SMILES string of the molecule is C.CN(C)CCOc1nn(Cc2ccccc2)c2ccccc12.Cc1ccc2c(c1)c(OCCCN1CCCC1)nn2Cc1ccccc1.Cc1ccc2c(c1)c(OCCN1CCCC1)nn2Cc1ccccc1.Cl.Cl.Cl.c1ccc(Cn2nc(OCCN3CCCC3)c3ccccc32)cc1. The second kappa shape index (κ2) is 40.3. The molecule has 101 heavy (non-hydrogen) atoms. The van der Waals surface area contributed by atoms with E-state index < -0.39 is 0 Å². The molecule has 536 valence electrons. The van der Waals surface area contributed by atoms with E-state index in [0.717, 1.165) is 127 Å². The monoisotopic (exact) mass is 1420 g/mol. The van der Waals surface area contributed by atoms with Crippen LogP contribution in [0.1, 0.15) is 85.8 Å². The van der Waals surface area contributed by atoms with E-state index in [0.29, 0.717) is 25.7 Å². The van der Waals surface area contributed by atoms with E-state index >= 15 is 0 Å². The highest BCUT2D eigenvalue weighted by molar-refractivity contribution is 5.88. The molecule has 16 nitrogen and oxygen atoms in total. The molecule has 3 aliphatic heterocycles. The summed E-state index contributed by atoms with van der Waals surface area (Å²) < 4.78 is 32.2. The molecule has 0 aliphatic carbocycles. The van der Waals surface area contributed by atoms with Crippen LogP contribution in [0.5, 0.6) is 23.5 Å². The van der Waals surface area contributed by atoms with E-state index in [1.165, 1.54) is 111 Å². The molecule has 0 bridgehead atoms. The fraction of sp³-hybridized carbons (Fsp3) is 0.366. The molecule has 3 aliphatic rings. The zero-order valence-corrected chi connectivity index (χ0v) is 61.0. The van der Waals surface area contributed by atoms with Crippen LogP contribution in [0.3, 0.4) is 0 Å². The van der Waals surface area contributed by atoms with Gasteiger partial charge in [0.1, 0.15) is 19.8 Å². The second-order valence-electron chi connectivity index (χ2n) is 26.1. The van der Waals surface area contributed by atoms with Crippen molar-refractivity contribution in [3.8, 4) is 23.5 Å². The number of benzene rings is 8. The molecule has 12 aromatic rings. The van der Waals surface area contributed by atoms with Gasteiger partial charge in [0.2, 0.25) is 23.5 Å². The first-order chi connectivity index (χ1) is 47.7. The fourth-order valence-corrected chi connectivity index (χ4v) is 13.0. The van der Waals surface area contributed by atoms with Gasteiger partial charge in [0.15, 0.2) is 0 Å². The van der Waals surface area contributed by atoms with E-state index in [9.17, 15) is 0 Å². The minimum Gasteiger partial charge on any atom is -0.476 e. The zero-order valence-electron chi connectivity index (χ0n) is 58.5. The van der Waals surface area contributed by atoms with Gasteiger partial charge in [-0.3, -0.25) is 28.5 Å². The van der Waals surface area contributed by atoms with Crippen molar-refractivity contribution in [3.63, 3.8) is 0 Å². The third kappa shape index (κ3) is 22.3. The molecule has 3 fully saturated rings. The molecule has 0 unspecified atom stereocenters. The summed E-state index contributed by atoms with van der Waals surface area (Å²) in [5, 5.41) is 23.3. The van der Waals surface area contributed by atoms with Gasteiger partial charge in [0.25, 0.3) is 0 Å². The van der Waals surface area contributed by atoms with Crippen LogP contribution in [0.15, 0.2) is 206 Å². The average Bonchev–Trinajstić information content (AvgIpc) is 1.68. The van der Waals surface area contributed by atoms with Gasteiger partial charge >= 0.3 is 0 Å². The minimum atomic E-state index is 0. The number of hydrogen-bond acceptors (Lipinski definition) is 12. The van der Waals surface area contributed by atoms with Gasteiger partial charge in [0.05, 0.1) is 76.4 Å². The van der Waals surface area contributed by atoms with Crippen LogP contribution in [0.4, 0.5) is 0 Å². The number of fused-ring (bicyclic) bond motifs is 4. The highest BCUT2D eigenvalue weighted by Crippen LogP contribution is 2.31. The molecule has 3 saturated heterocycles. The van der Waals surface area contributed by atoms with Crippen molar-refractivity contribution in [2.75, 3.05) is 106 Å². The van der Waals surface area contributed by atoms with Gasteiger partial charge < -0.3 is 28.7 Å². The second-order valence-corrected chi connectivity index (χ2v) is 26.1. The summed E-state index contributed by atoms with van der Waals surface area (Å²) in [5.41, 5.74) is 11.9. The largest absolute Gasteiger partial charge is 0.476 e. The molecule has 7 heterocycles. The van der Waals surface area contributed by atoms with E-state index in [1.54, 1.807) is 0 Å². The number of para-hydroxylation sites is 2. The Kier molecular flexibility index (Phi) is 31.2. The lowest BCUT2D eigenvalue weighted by atomic mass is 10.1. The topological polar surface area (TPSA) is 121 Å². The first kappa shape index (κ1) is 78.3. The summed E-state index contributed by atoms with van der Waals surface area (Å²) in [4.78, 5) is 9.56. The van der Waals surface area contributed by atoms with Gasteiger partial charge in [-0.2, -0.15) is 0 Å². The Labute approximate surface area is 616 Å². The molecule has 15 rings (SSSR count). The van der Waals surface area contributed by atoms with Crippen LogP contribution in [0, 0.1) is 13.8 Å². The molecular weight excluding hydrogens is 1320 g/mol. The number of hydrogen-bond donors (Lipinski definition) is 0. The van der Waals surface area contributed by atoms with Crippen LogP contribution < -0.4 is 18.9 Å². The van der Waals surface area contributed by atoms with E-state index in [-0.39, 0.29) is 44.6 Å². The van der Waals surface area contributed by atoms with Gasteiger partial charge in [0, 0.05) is 26.2 Å². The fourth-order valence-electron chi connectivity index (χ4n) is 13.0. The molecule has 0 atom stereocenters. The molecule has 0 spiro atoms. The minimum absolute atomic E-state index is 0. The molecule has 19 heteroatoms. The van der Waals surface area contributed by atoms with E-state index in [4.69, 9.17) is 34.2 Å². The molecule has 0 N–H and O–H groups in total. The van der Waals surface area contributed by atoms with Crippen molar-refractivity contribution >= 4 is 80.8 Å². The molecule has 8 aromatic carbocycles. The Balaban J connectivity index is 0.000000169. The first-order valence-corrected chi connectivity index (χ1v) is 35.1. The first-order valence-electron chi connectivity index (χ1n) is 35.1. The number of halogens is 3. The van der Waals surface area contributed by atoms with Crippen molar-refractivity contribution in [3.05, 3.63) is 240 Å².